The Labute approximate surface area is 296 Å². The van der Waals surface area contributed by atoms with Gasteiger partial charge in [0, 0.05) is 11.5 Å². The second-order valence-electron chi connectivity index (χ2n) is 11.6. The molecule has 0 radical (unpaired) electrons. The van der Waals surface area contributed by atoms with Crippen LogP contribution in [0.25, 0.3) is 0 Å². The first kappa shape index (κ1) is 33.3. The number of hydrogen-bond donors (Lipinski definition) is 1. The van der Waals surface area contributed by atoms with Gasteiger partial charge in [0.05, 0.1) is 7.11 Å². The molecule has 0 bridgehead atoms. The number of nitrogens with two attached hydrogens (primary N) is 1. The summed E-state index contributed by atoms with van der Waals surface area (Å²) in [6.07, 6.45) is -0.714. The minimum Gasteiger partial charge on any atom is -0.467 e. The smallest absolute Gasteiger partial charge is 0.356 e. The topological polar surface area (TPSA) is 143 Å². The van der Waals surface area contributed by atoms with Crippen molar-refractivity contribution in [1.82, 2.24) is 25.1 Å². The molecule has 2 N–H and O–H groups in total. The standard InChI is InChI=1S/C37H32N6O5S2/c1-47-35(46)37(27-18-10-4-11-19-27,28-20-12-5-13-21-28)43-36(39-40-41-43)50-23-26-22-49-33-29(38)32(44)42(33)30(26)34(45)48-31(24-14-6-2-7-15-24)25-16-8-3-9-17-25/h2-21,29,31,33H,22-23,38H2,1H3/t29?,33-/m0/s1. The zero-order valence-corrected chi connectivity index (χ0v) is 28.5. The summed E-state index contributed by atoms with van der Waals surface area (Å²) < 4.78 is 13.1. The molecule has 252 valence electrons. The fraction of sp³-hybridized carbons (Fsp3) is 0.189. The van der Waals surface area contributed by atoms with Crippen LogP contribution in [0.1, 0.15) is 28.4 Å². The number of amides is 1. The molecule has 4 aromatic carbocycles. The first-order valence-electron chi connectivity index (χ1n) is 15.8. The van der Waals surface area contributed by atoms with Gasteiger partial charge in [-0.15, -0.1) is 16.9 Å². The molecule has 7 rings (SSSR count). The van der Waals surface area contributed by atoms with Gasteiger partial charge in [-0.2, -0.15) is 4.68 Å². The average Bonchev–Trinajstić information content (AvgIpc) is 3.65. The molecule has 1 saturated heterocycles. The van der Waals surface area contributed by atoms with Crippen LogP contribution in [0.15, 0.2) is 138 Å². The highest BCUT2D eigenvalue weighted by Gasteiger charge is 2.53. The van der Waals surface area contributed by atoms with Gasteiger partial charge < -0.3 is 15.2 Å². The van der Waals surface area contributed by atoms with Crippen LogP contribution in [0.5, 0.6) is 0 Å². The Balaban J connectivity index is 1.27. The van der Waals surface area contributed by atoms with Crippen molar-refractivity contribution in [2.75, 3.05) is 18.6 Å². The number of aromatic nitrogens is 4. The first-order valence-corrected chi connectivity index (χ1v) is 17.8. The van der Waals surface area contributed by atoms with Crippen molar-refractivity contribution < 1.29 is 23.9 Å². The summed E-state index contributed by atoms with van der Waals surface area (Å²) in [6, 6.07) is 36.5. The van der Waals surface area contributed by atoms with E-state index < -0.39 is 29.6 Å². The quantitative estimate of drug-likeness (QED) is 0.118. The Morgan fingerprint density at radius 1 is 0.900 bits per heavy atom. The van der Waals surface area contributed by atoms with Gasteiger partial charge in [-0.25, -0.2) is 9.59 Å². The normalized spacial score (nSPS) is 17.3. The Bertz CT molecular complexity index is 1950. The second-order valence-corrected chi connectivity index (χ2v) is 13.6. The molecule has 2 aliphatic rings. The minimum atomic E-state index is -1.57. The summed E-state index contributed by atoms with van der Waals surface area (Å²) in [4.78, 5) is 42.8. The van der Waals surface area contributed by atoms with Gasteiger partial charge in [-0.05, 0) is 38.3 Å². The number of carbonyl (C=O) groups is 3. The van der Waals surface area contributed by atoms with Gasteiger partial charge in [0.1, 0.15) is 17.1 Å². The lowest BCUT2D eigenvalue weighted by Gasteiger charge is -2.48. The SMILES string of the molecule is COC(=O)C(c1ccccc1)(c1ccccc1)n1nnnc1SCC1=C(C(=O)OC(c2ccccc2)c2ccccc2)N2C(=O)C(N)[C@@H]2SC1. The predicted octanol–water partition coefficient (Wildman–Crippen LogP) is 4.56. The first-order chi connectivity index (χ1) is 24.4. The van der Waals surface area contributed by atoms with Crippen LogP contribution in [0.3, 0.4) is 0 Å². The van der Waals surface area contributed by atoms with E-state index in [1.54, 1.807) is 0 Å². The second kappa shape index (κ2) is 14.3. The van der Waals surface area contributed by atoms with Crippen molar-refractivity contribution in [2.45, 2.75) is 28.2 Å². The number of nitrogens with zero attached hydrogens (tertiary/aromatic N) is 5. The number of thioether (sulfide) groups is 2. The van der Waals surface area contributed by atoms with E-state index in [1.165, 1.54) is 40.2 Å². The summed E-state index contributed by atoms with van der Waals surface area (Å²) in [5.74, 6) is -0.943. The number of methoxy groups -OCH3 is 1. The number of hydrogen-bond acceptors (Lipinski definition) is 11. The maximum absolute atomic E-state index is 14.3. The van der Waals surface area contributed by atoms with Gasteiger partial charge >= 0.3 is 11.9 Å². The molecule has 0 aliphatic carbocycles. The third kappa shape index (κ3) is 5.86. The van der Waals surface area contributed by atoms with Crippen molar-refractivity contribution >= 4 is 41.4 Å². The van der Waals surface area contributed by atoms with Crippen LogP contribution in [-0.2, 0) is 29.4 Å². The maximum Gasteiger partial charge on any atom is 0.356 e. The van der Waals surface area contributed by atoms with Crippen LogP contribution in [0, 0.1) is 0 Å². The molecule has 13 heteroatoms. The zero-order chi connectivity index (χ0) is 34.7. The molecule has 1 fully saturated rings. The van der Waals surface area contributed by atoms with E-state index in [1.807, 2.05) is 121 Å². The molecule has 0 saturated carbocycles. The summed E-state index contributed by atoms with van der Waals surface area (Å²) in [5.41, 5.74) is 8.19. The molecular formula is C37H32N6O5S2. The van der Waals surface area contributed by atoms with Crippen LogP contribution >= 0.6 is 23.5 Å². The Morgan fingerprint density at radius 3 is 1.98 bits per heavy atom. The molecule has 3 heterocycles. The lowest BCUT2D eigenvalue weighted by atomic mass is 9.83. The van der Waals surface area contributed by atoms with E-state index in [9.17, 15) is 14.4 Å². The summed E-state index contributed by atoms with van der Waals surface area (Å²) in [5, 5.41) is 12.5. The number of carbonyl (C=O) groups excluding carboxylic acids is 3. The fourth-order valence-corrected chi connectivity index (χ4v) is 8.65. The monoisotopic (exact) mass is 704 g/mol. The molecule has 0 spiro atoms. The van der Waals surface area contributed by atoms with E-state index in [4.69, 9.17) is 15.2 Å². The fourth-order valence-electron chi connectivity index (χ4n) is 6.30. The lowest BCUT2D eigenvalue weighted by Crippen LogP contribution is -2.68. The number of rotatable bonds is 11. The van der Waals surface area contributed by atoms with Gasteiger partial charge in [0.25, 0.3) is 0 Å². The lowest BCUT2D eigenvalue weighted by molar-refractivity contribution is -0.153. The van der Waals surface area contributed by atoms with E-state index in [2.05, 4.69) is 15.5 Å². The Kier molecular flexibility index (Phi) is 9.52. The van der Waals surface area contributed by atoms with Crippen molar-refractivity contribution in [1.29, 1.82) is 0 Å². The Morgan fingerprint density at radius 2 is 1.44 bits per heavy atom. The molecule has 1 unspecified atom stereocenters. The van der Waals surface area contributed by atoms with Crippen LogP contribution in [-0.4, -0.2) is 73.0 Å². The number of tetrazole rings is 1. The molecule has 50 heavy (non-hydrogen) atoms. The summed E-state index contributed by atoms with van der Waals surface area (Å²) in [6.45, 7) is 0. The molecule has 1 aromatic heterocycles. The van der Waals surface area contributed by atoms with Gasteiger partial charge in [-0.3, -0.25) is 9.69 Å². The third-order valence-corrected chi connectivity index (χ3v) is 11.1. The van der Waals surface area contributed by atoms with Gasteiger partial charge in [-0.1, -0.05) is 133 Å². The highest BCUT2D eigenvalue weighted by Crippen LogP contribution is 2.43. The minimum absolute atomic E-state index is 0.161. The Hall–Kier alpha value is -5.24. The molecule has 2 atom stereocenters. The summed E-state index contributed by atoms with van der Waals surface area (Å²) in [7, 11) is 1.32. The maximum atomic E-state index is 14.3. The van der Waals surface area contributed by atoms with E-state index in [0.717, 1.165) is 11.1 Å². The van der Waals surface area contributed by atoms with Crippen LogP contribution in [0.2, 0.25) is 0 Å². The number of fused-ring (bicyclic) bond motifs is 1. The molecular weight excluding hydrogens is 673 g/mol. The molecule has 11 nitrogen and oxygen atoms in total. The summed E-state index contributed by atoms with van der Waals surface area (Å²) >= 11 is 2.72. The number of esters is 2. The van der Waals surface area contributed by atoms with E-state index in [0.29, 0.717) is 27.6 Å². The number of β-lactam (4-membered cyclic amide) rings is 1. The van der Waals surface area contributed by atoms with E-state index >= 15 is 0 Å². The highest BCUT2D eigenvalue weighted by molar-refractivity contribution is 8.01. The average molecular weight is 705 g/mol. The predicted molar refractivity (Wildman–Crippen MR) is 189 cm³/mol. The zero-order valence-electron chi connectivity index (χ0n) is 26.9. The van der Waals surface area contributed by atoms with Crippen molar-refractivity contribution in [3.63, 3.8) is 0 Å². The van der Waals surface area contributed by atoms with Gasteiger partial charge in [0.15, 0.2) is 6.10 Å². The molecule has 1 amide bonds. The highest BCUT2D eigenvalue weighted by atomic mass is 32.2. The third-order valence-electron chi connectivity index (χ3n) is 8.71. The molecule has 5 aromatic rings. The van der Waals surface area contributed by atoms with E-state index in [-0.39, 0.29) is 22.7 Å². The van der Waals surface area contributed by atoms with Crippen LogP contribution < -0.4 is 5.73 Å². The van der Waals surface area contributed by atoms with Crippen molar-refractivity contribution in [2.24, 2.45) is 5.73 Å². The van der Waals surface area contributed by atoms with Crippen molar-refractivity contribution in [3.05, 3.63) is 155 Å². The largest absolute Gasteiger partial charge is 0.467 e. The number of benzene rings is 4. The molecule has 2 aliphatic heterocycles. The number of ether oxygens (including phenoxy) is 2. The van der Waals surface area contributed by atoms with Crippen LogP contribution in [0.4, 0.5) is 0 Å². The van der Waals surface area contributed by atoms with Crippen molar-refractivity contribution in [3.8, 4) is 0 Å². The van der Waals surface area contributed by atoms with Gasteiger partial charge in [0.2, 0.25) is 16.6 Å².